The fourth-order valence-corrected chi connectivity index (χ4v) is 5.38. The molecule has 0 saturated carbocycles. The Morgan fingerprint density at radius 1 is 0.909 bits per heavy atom. The van der Waals surface area contributed by atoms with E-state index in [-0.39, 0.29) is 12.1 Å². The van der Waals surface area contributed by atoms with E-state index in [0.29, 0.717) is 5.11 Å². The van der Waals surface area contributed by atoms with Gasteiger partial charge in [-0.05, 0) is 92.6 Å². The van der Waals surface area contributed by atoms with E-state index in [4.69, 9.17) is 12.2 Å². The van der Waals surface area contributed by atoms with E-state index in [1.54, 1.807) is 0 Å². The van der Waals surface area contributed by atoms with E-state index in [9.17, 15) is 0 Å². The molecule has 166 valence electrons. The molecular formula is C27H25BrN4S. The van der Waals surface area contributed by atoms with E-state index < -0.39 is 0 Å². The molecule has 0 spiro atoms. The second-order valence-corrected chi connectivity index (χ2v) is 9.67. The SMILES string of the molecule is Cc1cc(N2C(=S)N[C@@H](c3ccccn3)[C@@H]2c2cc(C)n(-c3ccccc3)c2C)ccc1Br. The van der Waals surface area contributed by atoms with Gasteiger partial charge in [-0.25, -0.2) is 0 Å². The second-order valence-electron chi connectivity index (χ2n) is 8.43. The molecule has 5 rings (SSSR count). The second kappa shape index (κ2) is 8.76. The van der Waals surface area contributed by atoms with Crippen LogP contribution in [0.2, 0.25) is 0 Å². The molecule has 33 heavy (non-hydrogen) atoms. The van der Waals surface area contributed by atoms with Crippen LogP contribution in [0.1, 0.15) is 40.3 Å². The van der Waals surface area contributed by atoms with E-state index in [1.807, 2.05) is 24.4 Å². The molecule has 4 nitrogen and oxygen atoms in total. The van der Waals surface area contributed by atoms with Crippen LogP contribution < -0.4 is 10.2 Å². The van der Waals surface area contributed by atoms with Crippen molar-refractivity contribution in [3.05, 3.63) is 112 Å². The number of rotatable bonds is 4. The van der Waals surface area contributed by atoms with Gasteiger partial charge in [0.15, 0.2) is 5.11 Å². The first-order valence-electron chi connectivity index (χ1n) is 11.0. The summed E-state index contributed by atoms with van der Waals surface area (Å²) in [5.74, 6) is 0. The van der Waals surface area contributed by atoms with Gasteiger partial charge in [0.2, 0.25) is 0 Å². The lowest BCUT2D eigenvalue weighted by molar-refractivity contribution is 0.565. The minimum atomic E-state index is -0.0626. The number of nitrogens with one attached hydrogen (secondary N) is 1. The lowest BCUT2D eigenvalue weighted by atomic mass is 9.96. The molecule has 1 N–H and O–H groups in total. The summed E-state index contributed by atoms with van der Waals surface area (Å²) in [6.45, 7) is 6.46. The number of hydrogen-bond acceptors (Lipinski definition) is 2. The maximum absolute atomic E-state index is 5.90. The molecule has 1 fully saturated rings. The molecule has 0 unspecified atom stereocenters. The first kappa shape index (κ1) is 21.9. The Hall–Kier alpha value is -2.96. The molecule has 6 heteroatoms. The monoisotopic (exact) mass is 516 g/mol. The summed E-state index contributed by atoms with van der Waals surface area (Å²) in [6.07, 6.45) is 1.84. The summed E-state index contributed by atoms with van der Waals surface area (Å²) in [6, 6.07) is 25.1. The number of pyridine rings is 1. The molecule has 0 amide bonds. The molecule has 2 aromatic heterocycles. The topological polar surface area (TPSA) is 33.1 Å². The van der Waals surface area contributed by atoms with Gasteiger partial charge >= 0.3 is 0 Å². The van der Waals surface area contributed by atoms with Crippen molar-refractivity contribution in [3.63, 3.8) is 0 Å². The van der Waals surface area contributed by atoms with Crippen molar-refractivity contribution in [1.29, 1.82) is 0 Å². The van der Waals surface area contributed by atoms with Gasteiger partial charge in [-0.2, -0.15) is 0 Å². The van der Waals surface area contributed by atoms with Crippen molar-refractivity contribution in [2.24, 2.45) is 0 Å². The van der Waals surface area contributed by atoms with Crippen LogP contribution >= 0.6 is 28.1 Å². The fourth-order valence-electron chi connectivity index (χ4n) is 4.79. The quantitative estimate of drug-likeness (QED) is 0.304. The van der Waals surface area contributed by atoms with Gasteiger partial charge in [0.25, 0.3) is 0 Å². The first-order chi connectivity index (χ1) is 16.0. The van der Waals surface area contributed by atoms with Crippen molar-refractivity contribution < 1.29 is 0 Å². The standard InChI is InChI=1S/C27H25BrN4S/c1-17-15-21(12-13-23(17)28)32-26(25(30-27(32)33)24-11-7-8-14-29-24)22-16-18(2)31(19(22)3)20-9-5-4-6-10-20/h4-16,25-26H,1-3H3,(H,30,33)/t25-,26-/m0/s1. The Morgan fingerprint density at radius 3 is 2.36 bits per heavy atom. The molecule has 1 aliphatic rings. The third-order valence-corrected chi connectivity index (χ3v) is 7.53. The highest BCUT2D eigenvalue weighted by Crippen LogP contribution is 2.44. The molecule has 1 aliphatic heterocycles. The normalized spacial score (nSPS) is 17.9. The number of hydrogen-bond donors (Lipinski definition) is 1. The third kappa shape index (κ3) is 3.87. The maximum atomic E-state index is 5.90. The van der Waals surface area contributed by atoms with E-state index in [0.717, 1.165) is 21.5 Å². The third-order valence-electron chi connectivity index (χ3n) is 6.32. The Balaban J connectivity index is 1.69. The molecule has 4 aromatic rings. The predicted octanol–water partition coefficient (Wildman–Crippen LogP) is 6.74. The highest BCUT2D eigenvalue weighted by molar-refractivity contribution is 9.10. The molecule has 2 aromatic carbocycles. The number of thiocarbonyl (C=S) groups is 1. The first-order valence-corrected chi connectivity index (χ1v) is 12.2. The number of anilines is 1. The summed E-state index contributed by atoms with van der Waals surface area (Å²) < 4.78 is 3.40. The van der Waals surface area contributed by atoms with Crippen LogP contribution in [0.5, 0.6) is 0 Å². The Kier molecular flexibility index (Phi) is 5.81. The van der Waals surface area contributed by atoms with E-state index >= 15 is 0 Å². The lowest BCUT2D eigenvalue weighted by Crippen LogP contribution is -2.29. The highest BCUT2D eigenvalue weighted by Gasteiger charge is 2.42. The van der Waals surface area contributed by atoms with Crippen molar-refractivity contribution in [2.75, 3.05) is 4.90 Å². The minimum absolute atomic E-state index is 0.0309. The zero-order valence-corrected chi connectivity index (χ0v) is 21.2. The largest absolute Gasteiger partial charge is 0.351 e. The van der Waals surface area contributed by atoms with Crippen LogP contribution in [0.3, 0.4) is 0 Å². The highest BCUT2D eigenvalue weighted by atomic mass is 79.9. The number of aryl methyl sites for hydroxylation is 2. The number of para-hydroxylation sites is 1. The van der Waals surface area contributed by atoms with E-state index in [1.165, 1.54) is 22.5 Å². The van der Waals surface area contributed by atoms with Gasteiger partial charge in [0.05, 0.1) is 17.8 Å². The van der Waals surface area contributed by atoms with Crippen molar-refractivity contribution in [2.45, 2.75) is 32.9 Å². The number of benzene rings is 2. The van der Waals surface area contributed by atoms with Gasteiger partial charge in [-0.15, -0.1) is 0 Å². The van der Waals surface area contributed by atoms with Crippen molar-refractivity contribution >= 4 is 38.9 Å². The van der Waals surface area contributed by atoms with Crippen LogP contribution in [-0.2, 0) is 0 Å². The molecular weight excluding hydrogens is 492 g/mol. The van der Waals surface area contributed by atoms with Crippen molar-refractivity contribution in [3.8, 4) is 5.69 Å². The lowest BCUT2D eigenvalue weighted by Gasteiger charge is -2.28. The minimum Gasteiger partial charge on any atom is -0.351 e. The fraction of sp³-hybridized carbons (Fsp3) is 0.185. The Morgan fingerprint density at radius 2 is 1.67 bits per heavy atom. The molecule has 0 aliphatic carbocycles. The van der Waals surface area contributed by atoms with Crippen LogP contribution in [0.4, 0.5) is 5.69 Å². The summed E-state index contributed by atoms with van der Waals surface area (Å²) >= 11 is 9.53. The summed E-state index contributed by atoms with van der Waals surface area (Å²) in [7, 11) is 0. The van der Waals surface area contributed by atoms with Gasteiger partial charge < -0.3 is 14.8 Å². The molecule has 0 radical (unpaired) electrons. The van der Waals surface area contributed by atoms with Crippen LogP contribution in [0.25, 0.3) is 5.69 Å². The van der Waals surface area contributed by atoms with Crippen LogP contribution in [0, 0.1) is 20.8 Å². The summed E-state index contributed by atoms with van der Waals surface area (Å²) in [5.41, 5.74) is 8.01. The van der Waals surface area contributed by atoms with Gasteiger partial charge in [-0.3, -0.25) is 4.98 Å². The predicted molar refractivity (Wildman–Crippen MR) is 142 cm³/mol. The molecule has 0 bridgehead atoms. The number of nitrogens with zero attached hydrogens (tertiary/aromatic N) is 3. The molecule has 2 atom stereocenters. The van der Waals surface area contributed by atoms with Crippen LogP contribution in [0.15, 0.2) is 83.5 Å². The number of halogens is 1. The van der Waals surface area contributed by atoms with Gasteiger partial charge in [-0.1, -0.05) is 40.2 Å². The number of aromatic nitrogens is 2. The average Bonchev–Trinajstić information content (AvgIpc) is 3.32. The molecule has 3 heterocycles. The zero-order valence-electron chi connectivity index (χ0n) is 18.8. The van der Waals surface area contributed by atoms with Gasteiger partial charge in [0.1, 0.15) is 0 Å². The van der Waals surface area contributed by atoms with Gasteiger partial charge in [0, 0.05) is 33.4 Å². The average molecular weight is 517 g/mol. The Labute approximate surface area is 208 Å². The maximum Gasteiger partial charge on any atom is 0.174 e. The van der Waals surface area contributed by atoms with Crippen molar-refractivity contribution in [1.82, 2.24) is 14.9 Å². The Bertz CT molecular complexity index is 1320. The van der Waals surface area contributed by atoms with Crippen LogP contribution in [-0.4, -0.2) is 14.7 Å². The smallest absolute Gasteiger partial charge is 0.174 e. The van der Waals surface area contributed by atoms with E-state index in [2.05, 4.69) is 111 Å². The summed E-state index contributed by atoms with van der Waals surface area (Å²) in [5, 5.41) is 4.28. The zero-order chi connectivity index (χ0) is 23.1. The summed E-state index contributed by atoms with van der Waals surface area (Å²) in [4.78, 5) is 6.93. The molecule has 1 saturated heterocycles.